The molecular weight excluding hydrogens is 374 g/mol. The van der Waals surface area contributed by atoms with E-state index >= 15 is 0 Å². The van der Waals surface area contributed by atoms with Crippen LogP contribution in [0.2, 0.25) is 0 Å². The van der Waals surface area contributed by atoms with Gasteiger partial charge in [0.1, 0.15) is 0 Å². The summed E-state index contributed by atoms with van der Waals surface area (Å²) in [7, 11) is 2.61. The van der Waals surface area contributed by atoms with Gasteiger partial charge >= 0.3 is 18.0 Å². The topological polar surface area (TPSA) is 82.1 Å². The van der Waals surface area contributed by atoms with E-state index in [1.54, 1.807) is 6.92 Å². The van der Waals surface area contributed by atoms with E-state index in [1.807, 2.05) is 13.8 Å². The fourth-order valence-corrected chi connectivity index (χ4v) is 4.27. The van der Waals surface area contributed by atoms with E-state index in [0.717, 1.165) is 19.3 Å². The lowest BCUT2D eigenvalue weighted by atomic mass is 9.72. The van der Waals surface area contributed by atoms with Crippen LogP contribution < -0.4 is 0 Å². The summed E-state index contributed by atoms with van der Waals surface area (Å²) in [5.41, 5.74) is 1.70. The molecule has 2 aliphatic rings. The molecule has 1 atom stereocenters. The molecule has 160 valence electrons. The lowest BCUT2D eigenvalue weighted by Crippen LogP contribution is -2.42. The van der Waals surface area contributed by atoms with Crippen LogP contribution in [0.25, 0.3) is 0 Å². The third-order valence-electron chi connectivity index (χ3n) is 5.43. The Labute approximate surface area is 172 Å². The molecular formula is C22H31NO6. The number of hydrogen-bond donors (Lipinski definition) is 0. The molecule has 2 rings (SSSR count). The maximum absolute atomic E-state index is 12.9. The highest BCUT2D eigenvalue weighted by Gasteiger charge is 2.45. The lowest BCUT2D eigenvalue weighted by molar-refractivity contribution is -0.138. The zero-order valence-electron chi connectivity index (χ0n) is 17.9. The van der Waals surface area contributed by atoms with Crippen LogP contribution in [-0.2, 0) is 23.8 Å². The first-order valence-corrected chi connectivity index (χ1v) is 10.2. The summed E-state index contributed by atoms with van der Waals surface area (Å²) in [6.45, 7) is 5.63. The van der Waals surface area contributed by atoms with E-state index in [4.69, 9.17) is 14.2 Å². The normalized spacial score (nSPS) is 20.0. The van der Waals surface area contributed by atoms with Crippen LogP contribution in [0, 0.1) is 11.8 Å². The number of esters is 2. The third kappa shape index (κ3) is 4.38. The van der Waals surface area contributed by atoms with Crippen molar-refractivity contribution in [3.63, 3.8) is 0 Å². The van der Waals surface area contributed by atoms with E-state index in [0.29, 0.717) is 35.4 Å². The first-order valence-electron chi connectivity index (χ1n) is 10.2. The second-order valence-corrected chi connectivity index (χ2v) is 6.95. The summed E-state index contributed by atoms with van der Waals surface area (Å²) in [5, 5.41) is 0. The van der Waals surface area contributed by atoms with Gasteiger partial charge in [-0.25, -0.2) is 14.4 Å². The standard InChI is InChI=1S/C22H31NO6/c1-6-15-18(20(24)27-4)17(14-12-10-9-11-13-14)19(21(25)28-5)16(7-2)23(15)22(26)29-8-3/h10,12,14,17H,6-9,11,13H2,1-5H3. The largest absolute Gasteiger partial charge is 0.466 e. The third-order valence-corrected chi connectivity index (χ3v) is 5.43. The van der Waals surface area contributed by atoms with E-state index < -0.39 is 23.9 Å². The summed E-state index contributed by atoms with van der Waals surface area (Å²) >= 11 is 0. The minimum atomic E-state index is -0.610. The van der Waals surface area contributed by atoms with Crippen molar-refractivity contribution in [3.05, 3.63) is 34.7 Å². The van der Waals surface area contributed by atoms with Crippen molar-refractivity contribution < 1.29 is 28.6 Å². The molecule has 0 bridgehead atoms. The molecule has 7 nitrogen and oxygen atoms in total. The van der Waals surface area contributed by atoms with Gasteiger partial charge < -0.3 is 14.2 Å². The molecule has 29 heavy (non-hydrogen) atoms. The van der Waals surface area contributed by atoms with E-state index in [-0.39, 0.29) is 12.5 Å². The average molecular weight is 405 g/mol. The van der Waals surface area contributed by atoms with Gasteiger partial charge in [-0.15, -0.1) is 0 Å². The van der Waals surface area contributed by atoms with E-state index in [1.165, 1.54) is 19.1 Å². The van der Waals surface area contributed by atoms with Gasteiger partial charge in [0.25, 0.3) is 0 Å². The Hall–Kier alpha value is -2.57. The maximum atomic E-state index is 12.9. The molecule has 0 saturated heterocycles. The second-order valence-electron chi connectivity index (χ2n) is 6.95. The number of carbonyl (C=O) groups is 3. The Morgan fingerprint density at radius 3 is 1.93 bits per heavy atom. The Balaban J connectivity index is 2.82. The van der Waals surface area contributed by atoms with Crippen molar-refractivity contribution >= 4 is 18.0 Å². The van der Waals surface area contributed by atoms with Crippen LogP contribution in [0.5, 0.6) is 0 Å². The summed E-state index contributed by atoms with van der Waals surface area (Å²) in [6, 6.07) is 0. The quantitative estimate of drug-likeness (QED) is 0.376. The van der Waals surface area contributed by atoms with Gasteiger partial charge in [0.2, 0.25) is 0 Å². The molecule has 1 heterocycles. The first kappa shape index (κ1) is 22.7. The highest BCUT2D eigenvalue weighted by atomic mass is 16.6. The fraction of sp³-hybridized carbons (Fsp3) is 0.591. The smallest absolute Gasteiger partial charge is 0.418 e. The van der Waals surface area contributed by atoms with Gasteiger partial charge in [-0.05, 0) is 44.9 Å². The number of carbonyl (C=O) groups excluding carboxylic acids is 3. The predicted octanol–water partition coefficient (Wildman–Crippen LogP) is 4.11. The Morgan fingerprint density at radius 1 is 1.00 bits per heavy atom. The van der Waals surface area contributed by atoms with Crippen molar-refractivity contribution in [1.82, 2.24) is 4.90 Å². The Morgan fingerprint density at radius 2 is 1.55 bits per heavy atom. The van der Waals surface area contributed by atoms with Crippen LogP contribution >= 0.6 is 0 Å². The number of hydrogen-bond acceptors (Lipinski definition) is 6. The monoisotopic (exact) mass is 405 g/mol. The van der Waals surface area contributed by atoms with Crippen LogP contribution in [0.3, 0.4) is 0 Å². The van der Waals surface area contributed by atoms with Crippen molar-refractivity contribution in [3.8, 4) is 0 Å². The molecule has 1 amide bonds. The zero-order chi connectivity index (χ0) is 21.6. The lowest BCUT2D eigenvalue weighted by Gasteiger charge is -2.40. The summed E-state index contributed by atoms with van der Waals surface area (Å²) in [4.78, 5) is 40.0. The van der Waals surface area contributed by atoms with Gasteiger partial charge in [0, 0.05) is 17.3 Å². The maximum Gasteiger partial charge on any atom is 0.418 e. The molecule has 7 heteroatoms. The molecule has 1 unspecified atom stereocenters. The van der Waals surface area contributed by atoms with Crippen LogP contribution in [0.1, 0.15) is 52.9 Å². The van der Waals surface area contributed by atoms with Crippen molar-refractivity contribution in [1.29, 1.82) is 0 Å². The fourth-order valence-electron chi connectivity index (χ4n) is 4.27. The molecule has 0 aromatic rings. The number of methoxy groups -OCH3 is 2. The van der Waals surface area contributed by atoms with Gasteiger partial charge in [-0.3, -0.25) is 4.90 Å². The first-order chi connectivity index (χ1) is 14.0. The minimum Gasteiger partial charge on any atom is -0.466 e. The minimum absolute atomic E-state index is 0.0561. The van der Waals surface area contributed by atoms with E-state index in [9.17, 15) is 14.4 Å². The number of rotatable bonds is 6. The van der Waals surface area contributed by atoms with Crippen LogP contribution in [0.15, 0.2) is 34.7 Å². The Kier molecular flexibility index (Phi) is 8.05. The van der Waals surface area contributed by atoms with Crippen LogP contribution in [-0.4, -0.2) is 43.8 Å². The van der Waals surface area contributed by atoms with Crippen LogP contribution in [0.4, 0.5) is 4.79 Å². The number of allylic oxidation sites excluding steroid dienone is 4. The Bertz CT molecular complexity index is 706. The van der Waals surface area contributed by atoms with Crippen molar-refractivity contribution in [2.45, 2.75) is 52.9 Å². The van der Waals surface area contributed by atoms with Crippen molar-refractivity contribution in [2.75, 3.05) is 20.8 Å². The summed E-state index contributed by atoms with van der Waals surface area (Å²) in [5.74, 6) is -1.67. The molecule has 0 aromatic heterocycles. The highest BCUT2D eigenvalue weighted by molar-refractivity contribution is 5.99. The van der Waals surface area contributed by atoms with Gasteiger partial charge in [-0.1, -0.05) is 26.0 Å². The number of nitrogens with zero attached hydrogens (tertiary/aromatic N) is 1. The predicted molar refractivity (Wildman–Crippen MR) is 107 cm³/mol. The molecule has 1 aliphatic carbocycles. The molecule has 0 N–H and O–H groups in total. The van der Waals surface area contributed by atoms with Gasteiger partial charge in [0.15, 0.2) is 0 Å². The van der Waals surface area contributed by atoms with Gasteiger partial charge in [0.05, 0.1) is 32.0 Å². The SMILES string of the molecule is CCOC(=O)N1C(CC)=C(C(=O)OC)C(C2C=CCCC2)C(C(=O)OC)=C1CC. The molecule has 0 radical (unpaired) electrons. The molecule has 0 aromatic carbocycles. The summed E-state index contributed by atoms with van der Waals surface area (Å²) in [6.07, 6.45) is 7.10. The highest BCUT2D eigenvalue weighted by Crippen LogP contribution is 2.45. The molecule has 0 fully saturated rings. The number of amides is 1. The summed E-state index contributed by atoms with van der Waals surface area (Å²) < 4.78 is 15.4. The zero-order valence-corrected chi connectivity index (χ0v) is 17.9. The second kappa shape index (κ2) is 10.3. The average Bonchev–Trinajstić information content (AvgIpc) is 2.76. The molecule has 0 saturated carbocycles. The van der Waals surface area contributed by atoms with E-state index in [2.05, 4.69) is 12.2 Å². The number of ether oxygens (including phenoxy) is 3. The molecule has 0 spiro atoms. The van der Waals surface area contributed by atoms with Gasteiger partial charge in [-0.2, -0.15) is 0 Å². The van der Waals surface area contributed by atoms with Crippen molar-refractivity contribution in [2.24, 2.45) is 11.8 Å². The molecule has 1 aliphatic heterocycles.